The van der Waals surface area contributed by atoms with Crippen molar-refractivity contribution in [3.63, 3.8) is 0 Å². The van der Waals surface area contributed by atoms with Gasteiger partial charge < -0.3 is 20.0 Å². The largest absolute Gasteiger partial charge is 0.432 e. The van der Waals surface area contributed by atoms with E-state index in [0.29, 0.717) is 5.92 Å². The lowest BCUT2D eigenvalue weighted by molar-refractivity contribution is -0.137. The van der Waals surface area contributed by atoms with E-state index in [9.17, 15) is 14.0 Å². The van der Waals surface area contributed by atoms with Gasteiger partial charge in [0.15, 0.2) is 0 Å². The molecule has 0 aliphatic carbocycles. The molecule has 0 bridgehead atoms. The van der Waals surface area contributed by atoms with Crippen molar-refractivity contribution >= 4 is 17.8 Å². The van der Waals surface area contributed by atoms with E-state index in [0.717, 1.165) is 11.1 Å². The number of oxazole rings is 1. The number of anilines is 1. The van der Waals surface area contributed by atoms with E-state index in [4.69, 9.17) is 4.42 Å². The summed E-state index contributed by atoms with van der Waals surface area (Å²) in [5.41, 5.74) is 3.03. The molecule has 178 valence electrons. The first kappa shape index (κ1) is 23.5. The van der Waals surface area contributed by atoms with E-state index in [1.54, 1.807) is 0 Å². The van der Waals surface area contributed by atoms with Crippen molar-refractivity contribution in [1.29, 1.82) is 0 Å². The average Bonchev–Trinajstić information content (AvgIpc) is 3.51. The predicted octanol–water partition coefficient (Wildman–Crippen LogP) is 4.05. The summed E-state index contributed by atoms with van der Waals surface area (Å²) in [5.74, 6) is -0.384. The Balaban J connectivity index is 1.52. The standard InChI is InChI=1S/C26H29FN4O3/c1-17(2)18-8-10-20(11-9-18)24(19-6-4-3-5-7-19)30-25(33)22-14-21(27)16-31(22)23(32)15-29-26-28-12-13-34-26/h3-13,17,21-22,24H,14-16H2,1-2H3,(H,28,29)(H,30,33). The Morgan fingerprint density at radius 1 is 1.09 bits per heavy atom. The van der Waals surface area contributed by atoms with Crippen LogP contribution in [0.5, 0.6) is 0 Å². The molecule has 0 saturated carbocycles. The zero-order chi connectivity index (χ0) is 24.1. The second-order valence-electron chi connectivity index (χ2n) is 8.76. The maximum atomic E-state index is 14.3. The lowest BCUT2D eigenvalue weighted by atomic mass is 9.95. The maximum absolute atomic E-state index is 14.3. The van der Waals surface area contributed by atoms with Crippen molar-refractivity contribution in [3.05, 3.63) is 83.7 Å². The monoisotopic (exact) mass is 464 g/mol. The van der Waals surface area contributed by atoms with Gasteiger partial charge in [-0.05, 0) is 22.6 Å². The third-order valence-corrected chi connectivity index (χ3v) is 6.05. The summed E-state index contributed by atoms with van der Waals surface area (Å²) in [6.45, 7) is 3.99. The van der Waals surface area contributed by atoms with Crippen LogP contribution in [0.15, 0.2) is 71.5 Å². The second-order valence-corrected chi connectivity index (χ2v) is 8.76. The minimum Gasteiger partial charge on any atom is -0.432 e. The van der Waals surface area contributed by atoms with Gasteiger partial charge >= 0.3 is 0 Å². The quantitative estimate of drug-likeness (QED) is 0.525. The van der Waals surface area contributed by atoms with Gasteiger partial charge in [0.2, 0.25) is 11.8 Å². The molecule has 7 nitrogen and oxygen atoms in total. The number of carbonyl (C=O) groups excluding carboxylic acids is 2. The summed E-state index contributed by atoms with van der Waals surface area (Å²) in [6.07, 6.45) is 1.54. The molecule has 1 aromatic heterocycles. The van der Waals surface area contributed by atoms with E-state index >= 15 is 0 Å². The van der Waals surface area contributed by atoms with Crippen LogP contribution in [0, 0.1) is 0 Å². The summed E-state index contributed by atoms with van der Waals surface area (Å²) in [6, 6.07) is 16.6. The van der Waals surface area contributed by atoms with Crippen molar-refractivity contribution in [1.82, 2.24) is 15.2 Å². The van der Waals surface area contributed by atoms with Crippen LogP contribution in [0.3, 0.4) is 0 Å². The second kappa shape index (κ2) is 10.5. The highest BCUT2D eigenvalue weighted by molar-refractivity contribution is 5.90. The van der Waals surface area contributed by atoms with Gasteiger partial charge in [0, 0.05) is 6.42 Å². The number of benzene rings is 2. The summed E-state index contributed by atoms with van der Waals surface area (Å²) < 4.78 is 19.4. The molecule has 0 radical (unpaired) electrons. The number of rotatable bonds is 8. The third kappa shape index (κ3) is 5.44. The van der Waals surface area contributed by atoms with Gasteiger partial charge in [-0.3, -0.25) is 9.59 Å². The SMILES string of the molecule is CC(C)c1ccc(C(NC(=O)C2CC(F)CN2C(=O)CNc2ncco2)c2ccccc2)cc1. The summed E-state index contributed by atoms with van der Waals surface area (Å²) in [5, 5.41) is 5.82. The molecule has 4 rings (SSSR count). The van der Waals surface area contributed by atoms with Crippen LogP contribution in [-0.4, -0.2) is 47.0 Å². The molecule has 3 unspecified atom stereocenters. The van der Waals surface area contributed by atoms with Crippen LogP contribution >= 0.6 is 0 Å². The highest BCUT2D eigenvalue weighted by Gasteiger charge is 2.40. The molecule has 3 atom stereocenters. The molecule has 0 spiro atoms. The lowest BCUT2D eigenvalue weighted by Crippen LogP contribution is -2.48. The van der Waals surface area contributed by atoms with Gasteiger partial charge in [0.05, 0.1) is 25.3 Å². The molecule has 2 aromatic carbocycles. The lowest BCUT2D eigenvalue weighted by Gasteiger charge is -2.27. The molecule has 2 N–H and O–H groups in total. The topological polar surface area (TPSA) is 87.5 Å². The number of halogens is 1. The van der Waals surface area contributed by atoms with Gasteiger partial charge in [-0.1, -0.05) is 68.4 Å². The highest BCUT2D eigenvalue weighted by atomic mass is 19.1. The van der Waals surface area contributed by atoms with Crippen molar-refractivity contribution in [3.8, 4) is 0 Å². The molecule has 1 saturated heterocycles. The summed E-state index contributed by atoms with van der Waals surface area (Å²) in [4.78, 5) is 31.3. The number of nitrogens with zero attached hydrogens (tertiary/aromatic N) is 2. The number of alkyl halides is 1. The molecule has 1 aliphatic rings. The summed E-state index contributed by atoms with van der Waals surface area (Å²) >= 11 is 0. The first-order chi connectivity index (χ1) is 16.4. The summed E-state index contributed by atoms with van der Waals surface area (Å²) in [7, 11) is 0. The Hall–Kier alpha value is -3.68. The van der Waals surface area contributed by atoms with Gasteiger partial charge in [-0.25, -0.2) is 9.37 Å². The highest BCUT2D eigenvalue weighted by Crippen LogP contribution is 2.27. The molecule has 1 fully saturated rings. The number of likely N-dealkylation sites (tertiary alicyclic amines) is 1. The van der Waals surface area contributed by atoms with E-state index in [1.165, 1.54) is 22.9 Å². The van der Waals surface area contributed by atoms with Gasteiger partial charge in [0.1, 0.15) is 18.5 Å². The Kier molecular flexibility index (Phi) is 7.25. The smallest absolute Gasteiger partial charge is 0.294 e. The first-order valence-corrected chi connectivity index (χ1v) is 11.4. The number of carbonyl (C=O) groups is 2. The fraction of sp³-hybridized carbons (Fsp3) is 0.346. The molecular weight excluding hydrogens is 435 g/mol. The van der Waals surface area contributed by atoms with Crippen LogP contribution in [0.4, 0.5) is 10.4 Å². The van der Waals surface area contributed by atoms with Crippen molar-refractivity contribution < 1.29 is 18.4 Å². The molecule has 3 aromatic rings. The normalized spacial score (nSPS) is 18.6. The van der Waals surface area contributed by atoms with Crippen LogP contribution in [0.25, 0.3) is 0 Å². The molecule has 34 heavy (non-hydrogen) atoms. The van der Waals surface area contributed by atoms with Crippen molar-refractivity contribution in [2.75, 3.05) is 18.4 Å². The van der Waals surface area contributed by atoms with Crippen LogP contribution in [0.2, 0.25) is 0 Å². The molecular formula is C26H29FN4O3. The number of nitrogens with one attached hydrogen (secondary N) is 2. The van der Waals surface area contributed by atoms with E-state index < -0.39 is 24.2 Å². The van der Waals surface area contributed by atoms with Crippen LogP contribution in [-0.2, 0) is 9.59 Å². The van der Waals surface area contributed by atoms with Gasteiger partial charge in [-0.15, -0.1) is 0 Å². The average molecular weight is 465 g/mol. The number of amides is 2. The van der Waals surface area contributed by atoms with Gasteiger partial charge in [0.25, 0.3) is 6.01 Å². The fourth-order valence-corrected chi connectivity index (χ4v) is 4.19. The number of hydrogen-bond acceptors (Lipinski definition) is 5. The van der Waals surface area contributed by atoms with Crippen molar-refractivity contribution in [2.45, 2.75) is 44.4 Å². The number of aromatic nitrogens is 1. The molecule has 8 heteroatoms. The van der Waals surface area contributed by atoms with E-state index in [2.05, 4.69) is 41.6 Å². The fourth-order valence-electron chi connectivity index (χ4n) is 4.19. The van der Waals surface area contributed by atoms with Crippen molar-refractivity contribution in [2.24, 2.45) is 0 Å². The van der Waals surface area contributed by atoms with E-state index in [1.807, 2.05) is 42.5 Å². The minimum atomic E-state index is -1.26. The molecule has 2 amide bonds. The first-order valence-electron chi connectivity index (χ1n) is 11.4. The zero-order valence-electron chi connectivity index (χ0n) is 19.3. The van der Waals surface area contributed by atoms with Crippen LogP contribution < -0.4 is 10.6 Å². The Morgan fingerprint density at radius 2 is 1.76 bits per heavy atom. The Labute approximate surface area is 198 Å². The molecule has 2 heterocycles. The molecule has 1 aliphatic heterocycles. The Bertz CT molecular complexity index is 1090. The predicted molar refractivity (Wildman–Crippen MR) is 127 cm³/mol. The van der Waals surface area contributed by atoms with Gasteiger partial charge in [-0.2, -0.15) is 0 Å². The van der Waals surface area contributed by atoms with Crippen LogP contribution in [0.1, 0.15) is 48.9 Å². The Morgan fingerprint density at radius 3 is 2.41 bits per heavy atom. The van der Waals surface area contributed by atoms with E-state index in [-0.39, 0.29) is 31.4 Å². The third-order valence-electron chi connectivity index (χ3n) is 6.05. The minimum absolute atomic E-state index is 0.0373. The number of hydrogen-bond donors (Lipinski definition) is 2. The maximum Gasteiger partial charge on any atom is 0.294 e. The zero-order valence-corrected chi connectivity index (χ0v) is 19.3.